The summed E-state index contributed by atoms with van der Waals surface area (Å²) in [7, 11) is 0. The molecule has 0 aromatic rings. The summed E-state index contributed by atoms with van der Waals surface area (Å²) in [4.78, 5) is 0. The molecule has 1 aliphatic rings. The Morgan fingerprint density at radius 1 is 1.25 bits per heavy atom. The molecule has 6 nitrogen and oxygen atoms in total. The molecular formula is C6H12N2O4. The molecule has 1 rings (SSSR count). The number of nitrogens with zero attached hydrogens (tertiary/aromatic N) is 2. The SMILES string of the molecule is CC1([C@@H](O)[C@H](O)[C@H](O)CO)N=N1. The monoisotopic (exact) mass is 176 g/mol. The van der Waals surface area contributed by atoms with Crippen molar-refractivity contribution in [2.24, 2.45) is 10.2 Å². The van der Waals surface area contributed by atoms with Crippen molar-refractivity contribution in [2.45, 2.75) is 30.9 Å². The van der Waals surface area contributed by atoms with Crippen molar-refractivity contribution >= 4 is 0 Å². The van der Waals surface area contributed by atoms with Gasteiger partial charge >= 0.3 is 0 Å². The molecule has 4 N–H and O–H groups in total. The molecule has 0 bridgehead atoms. The Bertz CT molecular complexity index is 190. The summed E-state index contributed by atoms with van der Waals surface area (Å²) in [6.45, 7) is 0.916. The third-order valence-electron chi connectivity index (χ3n) is 1.88. The van der Waals surface area contributed by atoms with E-state index < -0.39 is 30.6 Å². The van der Waals surface area contributed by atoms with Crippen LogP contribution >= 0.6 is 0 Å². The number of aliphatic hydroxyl groups excluding tert-OH is 4. The predicted octanol–water partition coefficient (Wildman–Crippen LogP) is -1.76. The van der Waals surface area contributed by atoms with Gasteiger partial charge in [-0.15, -0.1) is 0 Å². The van der Waals surface area contributed by atoms with Crippen LogP contribution in [0, 0.1) is 0 Å². The fourth-order valence-electron chi connectivity index (χ4n) is 0.839. The van der Waals surface area contributed by atoms with Gasteiger partial charge in [0.1, 0.15) is 18.3 Å². The molecule has 0 saturated carbocycles. The Kier molecular flexibility index (Phi) is 2.43. The summed E-state index contributed by atoms with van der Waals surface area (Å²) in [5.41, 5.74) is -1.00. The minimum absolute atomic E-state index is 0.603. The maximum atomic E-state index is 9.31. The van der Waals surface area contributed by atoms with Crippen LogP contribution in [0.4, 0.5) is 0 Å². The molecule has 0 radical (unpaired) electrons. The first-order valence-electron chi connectivity index (χ1n) is 3.60. The van der Waals surface area contributed by atoms with Crippen molar-refractivity contribution in [3.63, 3.8) is 0 Å². The van der Waals surface area contributed by atoms with Crippen LogP contribution < -0.4 is 0 Å². The number of hydrogen-bond acceptors (Lipinski definition) is 6. The van der Waals surface area contributed by atoms with E-state index in [2.05, 4.69) is 10.2 Å². The van der Waals surface area contributed by atoms with Crippen LogP contribution in [0.1, 0.15) is 6.92 Å². The van der Waals surface area contributed by atoms with Gasteiger partial charge in [0, 0.05) is 0 Å². The van der Waals surface area contributed by atoms with E-state index in [0.29, 0.717) is 0 Å². The van der Waals surface area contributed by atoms with Crippen LogP contribution in [-0.4, -0.2) is 51.0 Å². The highest BCUT2D eigenvalue weighted by Gasteiger charge is 2.47. The van der Waals surface area contributed by atoms with Crippen molar-refractivity contribution in [3.05, 3.63) is 0 Å². The zero-order valence-electron chi connectivity index (χ0n) is 6.62. The van der Waals surface area contributed by atoms with Gasteiger partial charge in [0.15, 0.2) is 0 Å². The summed E-state index contributed by atoms with van der Waals surface area (Å²) in [6.07, 6.45) is -4.04. The highest BCUT2D eigenvalue weighted by molar-refractivity contribution is 4.99. The van der Waals surface area contributed by atoms with Crippen LogP contribution in [0.15, 0.2) is 10.2 Å². The lowest BCUT2D eigenvalue weighted by atomic mass is 10.0. The second kappa shape index (κ2) is 3.06. The molecular weight excluding hydrogens is 164 g/mol. The van der Waals surface area contributed by atoms with E-state index in [1.165, 1.54) is 6.92 Å². The minimum atomic E-state index is -1.42. The first-order chi connectivity index (χ1) is 5.51. The molecule has 3 atom stereocenters. The molecule has 0 aromatic carbocycles. The molecule has 1 heterocycles. The van der Waals surface area contributed by atoms with Crippen LogP contribution in [0.2, 0.25) is 0 Å². The second-order valence-electron chi connectivity index (χ2n) is 2.98. The summed E-state index contributed by atoms with van der Waals surface area (Å²) in [5.74, 6) is 0. The highest BCUT2D eigenvalue weighted by Crippen LogP contribution is 2.33. The molecule has 0 amide bonds. The summed E-state index contributed by atoms with van der Waals surface area (Å²) < 4.78 is 0. The molecule has 0 saturated heterocycles. The summed E-state index contributed by atoms with van der Waals surface area (Å²) in [5, 5.41) is 42.9. The zero-order valence-corrected chi connectivity index (χ0v) is 6.62. The summed E-state index contributed by atoms with van der Waals surface area (Å²) >= 11 is 0. The average molecular weight is 176 g/mol. The number of rotatable bonds is 4. The maximum absolute atomic E-state index is 9.31. The number of aliphatic hydroxyl groups is 4. The Labute approximate surface area is 69.2 Å². The smallest absolute Gasteiger partial charge is 0.216 e. The van der Waals surface area contributed by atoms with E-state index in [9.17, 15) is 10.2 Å². The number of hydrogen-bond donors (Lipinski definition) is 4. The summed E-state index contributed by atoms with van der Waals surface area (Å²) in [6, 6.07) is 0. The standard InChI is InChI=1S/C6H12N2O4/c1-6(7-8-6)5(12)4(11)3(10)2-9/h3-5,9-12H,2H2,1H3/t3-,4-,5+/m1/s1. The van der Waals surface area contributed by atoms with Gasteiger partial charge in [0.25, 0.3) is 0 Å². The Morgan fingerprint density at radius 2 is 1.75 bits per heavy atom. The molecule has 0 aliphatic carbocycles. The average Bonchev–Trinajstić information content (AvgIpc) is 2.81. The first kappa shape index (κ1) is 9.53. The van der Waals surface area contributed by atoms with Gasteiger partial charge in [-0.2, -0.15) is 10.2 Å². The minimum Gasteiger partial charge on any atom is -0.394 e. The van der Waals surface area contributed by atoms with E-state index >= 15 is 0 Å². The van der Waals surface area contributed by atoms with E-state index in [0.717, 1.165) is 0 Å². The van der Waals surface area contributed by atoms with Crippen molar-refractivity contribution in [3.8, 4) is 0 Å². The zero-order chi connectivity index (χ0) is 9.35. The van der Waals surface area contributed by atoms with E-state index in [1.54, 1.807) is 0 Å². The molecule has 0 unspecified atom stereocenters. The van der Waals surface area contributed by atoms with Gasteiger partial charge in [-0.05, 0) is 6.92 Å². The quantitative estimate of drug-likeness (QED) is 0.407. The van der Waals surface area contributed by atoms with Crippen molar-refractivity contribution < 1.29 is 20.4 Å². The molecule has 70 valence electrons. The van der Waals surface area contributed by atoms with Crippen LogP contribution in [0.5, 0.6) is 0 Å². The van der Waals surface area contributed by atoms with Gasteiger partial charge in [-0.25, -0.2) is 0 Å². The lowest BCUT2D eigenvalue weighted by Crippen LogP contribution is -2.46. The van der Waals surface area contributed by atoms with Gasteiger partial charge in [-0.1, -0.05) is 0 Å². The van der Waals surface area contributed by atoms with E-state index in [-0.39, 0.29) is 0 Å². The Balaban J connectivity index is 2.46. The second-order valence-corrected chi connectivity index (χ2v) is 2.98. The van der Waals surface area contributed by atoms with Crippen molar-refractivity contribution in [2.75, 3.05) is 6.61 Å². The lowest BCUT2D eigenvalue weighted by Gasteiger charge is -2.23. The predicted molar refractivity (Wildman–Crippen MR) is 38.4 cm³/mol. The van der Waals surface area contributed by atoms with Crippen LogP contribution in [0.3, 0.4) is 0 Å². The van der Waals surface area contributed by atoms with Crippen LogP contribution in [0.25, 0.3) is 0 Å². The van der Waals surface area contributed by atoms with Gasteiger partial charge in [0.2, 0.25) is 5.66 Å². The van der Waals surface area contributed by atoms with Gasteiger partial charge in [0.05, 0.1) is 6.61 Å². The fourth-order valence-corrected chi connectivity index (χ4v) is 0.839. The maximum Gasteiger partial charge on any atom is 0.216 e. The third-order valence-corrected chi connectivity index (χ3v) is 1.88. The molecule has 0 spiro atoms. The van der Waals surface area contributed by atoms with Gasteiger partial charge in [-0.3, -0.25) is 0 Å². The van der Waals surface area contributed by atoms with Crippen molar-refractivity contribution in [1.29, 1.82) is 0 Å². The fraction of sp³-hybridized carbons (Fsp3) is 1.00. The topological polar surface area (TPSA) is 106 Å². The Morgan fingerprint density at radius 3 is 2.08 bits per heavy atom. The largest absolute Gasteiger partial charge is 0.394 e. The molecule has 1 aliphatic heterocycles. The third kappa shape index (κ3) is 1.61. The Hall–Kier alpha value is -0.560. The molecule has 6 heteroatoms. The lowest BCUT2D eigenvalue weighted by molar-refractivity contribution is -0.0876. The molecule has 12 heavy (non-hydrogen) atoms. The van der Waals surface area contributed by atoms with E-state index in [4.69, 9.17) is 10.2 Å². The molecule has 0 fully saturated rings. The molecule has 0 aromatic heterocycles. The highest BCUT2D eigenvalue weighted by atomic mass is 16.4. The van der Waals surface area contributed by atoms with Gasteiger partial charge < -0.3 is 20.4 Å². The van der Waals surface area contributed by atoms with Crippen molar-refractivity contribution in [1.82, 2.24) is 0 Å². The first-order valence-corrected chi connectivity index (χ1v) is 3.60. The normalized spacial score (nSPS) is 26.4. The van der Waals surface area contributed by atoms with E-state index in [1.807, 2.05) is 0 Å². The van der Waals surface area contributed by atoms with Crippen LogP contribution in [-0.2, 0) is 0 Å².